The molecule has 0 fully saturated rings. The molecule has 12 nitrogen and oxygen atoms in total. The fourth-order valence-electron chi connectivity index (χ4n) is 3.20. The molecule has 0 unspecified atom stereocenters. The lowest BCUT2D eigenvalue weighted by molar-refractivity contribution is -0.385. The highest BCUT2D eigenvalue weighted by Crippen LogP contribution is 2.29. The summed E-state index contributed by atoms with van der Waals surface area (Å²) in [5.74, 6) is 0. The average Bonchev–Trinajstić information content (AvgIpc) is 3.28. The molecule has 3 aromatic heterocycles. The van der Waals surface area contributed by atoms with Crippen molar-refractivity contribution in [2.24, 2.45) is 5.10 Å². The van der Waals surface area contributed by atoms with Gasteiger partial charge in [0.1, 0.15) is 4.90 Å². The number of nitro groups is 1. The van der Waals surface area contributed by atoms with E-state index >= 15 is 0 Å². The number of hydrogen-bond acceptors (Lipinski definition) is 9. The predicted octanol–water partition coefficient (Wildman–Crippen LogP) is 3.20. The van der Waals surface area contributed by atoms with E-state index in [2.05, 4.69) is 20.5 Å². The molecule has 0 bridgehead atoms. The van der Waals surface area contributed by atoms with Crippen molar-refractivity contribution in [3.63, 3.8) is 0 Å². The van der Waals surface area contributed by atoms with Gasteiger partial charge in [-0.1, -0.05) is 6.07 Å². The molecule has 184 valence electrons. The number of aromatic nitrogens is 3. The third kappa shape index (κ3) is 5.40. The first kappa shape index (κ1) is 26.1. The van der Waals surface area contributed by atoms with Crippen LogP contribution in [0.5, 0.6) is 0 Å². The second-order valence-corrected chi connectivity index (χ2v) is 9.21. The Morgan fingerprint density at radius 2 is 2.08 bits per heavy atom. The van der Waals surface area contributed by atoms with Crippen LogP contribution in [0.1, 0.15) is 16.7 Å². The Morgan fingerprint density at radius 3 is 2.78 bits per heavy atom. The molecule has 1 aromatic carbocycles. The first-order valence-corrected chi connectivity index (χ1v) is 11.6. The van der Waals surface area contributed by atoms with Crippen LogP contribution in [0.15, 0.2) is 77.2 Å². The normalized spacial score (nSPS) is 11.1. The van der Waals surface area contributed by atoms with E-state index in [1.165, 1.54) is 36.1 Å². The second-order valence-electron chi connectivity index (χ2n) is 7.29. The quantitative estimate of drug-likeness (QED) is 0.208. The summed E-state index contributed by atoms with van der Waals surface area (Å²) in [5.41, 5.74) is 2.06. The minimum atomic E-state index is -4.28. The van der Waals surface area contributed by atoms with Gasteiger partial charge >= 0.3 is 0 Å². The van der Waals surface area contributed by atoms with E-state index in [1.54, 1.807) is 36.8 Å². The maximum Gasteiger partial charge on any atom is 0.281 e. The van der Waals surface area contributed by atoms with E-state index in [-0.39, 0.29) is 35.2 Å². The van der Waals surface area contributed by atoms with Crippen molar-refractivity contribution in [1.29, 1.82) is 5.26 Å². The molecule has 3 heterocycles. The summed E-state index contributed by atoms with van der Waals surface area (Å²) in [5, 5.41) is 31.6. The van der Waals surface area contributed by atoms with Gasteiger partial charge in [-0.25, -0.2) is 4.52 Å². The minimum Gasteiger partial charge on any atom is -0.380 e. The monoisotopic (exact) mass is 526 g/mol. The lowest BCUT2D eigenvalue weighted by Gasteiger charge is -2.17. The highest BCUT2D eigenvalue weighted by atomic mass is 35.5. The lowest BCUT2D eigenvalue weighted by Crippen LogP contribution is -2.23. The zero-order chi connectivity index (χ0) is 25.0. The molecule has 0 atom stereocenters. The van der Waals surface area contributed by atoms with Gasteiger partial charge in [0, 0.05) is 49.9 Å². The van der Waals surface area contributed by atoms with Crippen molar-refractivity contribution in [1.82, 2.24) is 19.0 Å². The number of nitrogens with one attached hydrogen (secondary N) is 1. The van der Waals surface area contributed by atoms with Gasteiger partial charge in [-0.3, -0.25) is 15.1 Å². The molecule has 0 radical (unpaired) electrons. The minimum absolute atomic E-state index is 0. The van der Waals surface area contributed by atoms with Crippen molar-refractivity contribution in [3.8, 4) is 6.07 Å². The summed E-state index contributed by atoms with van der Waals surface area (Å²) in [7, 11) is -3.05. The number of hydrogen-bond donors (Lipinski definition) is 1. The summed E-state index contributed by atoms with van der Waals surface area (Å²) in [6, 6.07) is 12.3. The zero-order valence-corrected chi connectivity index (χ0v) is 20.3. The topological polar surface area (TPSA) is 159 Å². The standard InChI is InChI=1S/C22H18N8O4S.ClH/c1-28(26-14-18-15-27-29-8-6-16(11-23)9-21(18)29)35(33,34)22-10-19(30(31)32)4-5-20(22)25-13-17-3-2-7-24-12-17;/h2-10,12,14-15,25H,13H2,1H3;1H. The Labute approximate surface area is 212 Å². The Bertz CT molecular complexity index is 1580. The van der Waals surface area contributed by atoms with Crippen LogP contribution in [0.25, 0.3) is 5.52 Å². The fraction of sp³-hybridized carbons (Fsp3) is 0.0909. The van der Waals surface area contributed by atoms with E-state index in [0.717, 1.165) is 16.0 Å². The van der Waals surface area contributed by atoms with Crippen molar-refractivity contribution in [3.05, 3.63) is 94.1 Å². The molecule has 14 heteroatoms. The Balaban J connectivity index is 0.00000361. The van der Waals surface area contributed by atoms with Gasteiger partial charge in [0.25, 0.3) is 15.7 Å². The Morgan fingerprint density at radius 1 is 1.28 bits per heavy atom. The summed E-state index contributed by atoms with van der Waals surface area (Å²) in [6.45, 7) is 0.255. The zero-order valence-electron chi connectivity index (χ0n) is 18.7. The molecule has 4 aromatic rings. The van der Waals surface area contributed by atoms with E-state index in [1.807, 2.05) is 12.1 Å². The van der Waals surface area contributed by atoms with Gasteiger partial charge < -0.3 is 5.32 Å². The van der Waals surface area contributed by atoms with E-state index in [4.69, 9.17) is 5.26 Å². The maximum atomic E-state index is 13.3. The van der Waals surface area contributed by atoms with Crippen LogP contribution in [0.3, 0.4) is 0 Å². The molecule has 0 aliphatic rings. The third-order valence-electron chi connectivity index (χ3n) is 5.05. The number of benzene rings is 1. The fourth-order valence-corrected chi connectivity index (χ4v) is 4.34. The molecule has 0 saturated carbocycles. The summed E-state index contributed by atoms with van der Waals surface area (Å²) >= 11 is 0. The van der Waals surface area contributed by atoms with E-state index < -0.39 is 14.9 Å². The predicted molar refractivity (Wildman–Crippen MR) is 134 cm³/mol. The number of nitro benzene ring substituents is 1. The van der Waals surface area contributed by atoms with E-state index in [0.29, 0.717) is 16.6 Å². The number of rotatable bonds is 8. The third-order valence-corrected chi connectivity index (χ3v) is 6.73. The molecule has 36 heavy (non-hydrogen) atoms. The molecular weight excluding hydrogens is 508 g/mol. The number of sulfonamides is 1. The summed E-state index contributed by atoms with van der Waals surface area (Å²) in [4.78, 5) is 14.3. The number of nitrogens with zero attached hydrogens (tertiary/aromatic N) is 7. The van der Waals surface area contributed by atoms with Crippen LogP contribution in [-0.2, 0) is 16.6 Å². The number of non-ortho nitro benzene ring substituents is 1. The van der Waals surface area contributed by atoms with Crippen LogP contribution in [0.4, 0.5) is 11.4 Å². The van der Waals surface area contributed by atoms with Crippen LogP contribution in [0.2, 0.25) is 0 Å². The van der Waals surface area contributed by atoms with E-state index in [9.17, 15) is 18.5 Å². The van der Waals surface area contributed by atoms with Crippen LogP contribution in [-0.4, -0.2) is 45.6 Å². The van der Waals surface area contributed by atoms with Crippen molar-refractivity contribution in [2.75, 3.05) is 12.4 Å². The first-order chi connectivity index (χ1) is 16.8. The average molecular weight is 527 g/mol. The molecule has 0 aliphatic heterocycles. The van der Waals surface area contributed by atoms with Gasteiger partial charge in [0.2, 0.25) is 0 Å². The smallest absolute Gasteiger partial charge is 0.281 e. The van der Waals surface area contributed by atoms with Crippen molar-refractivity contribution >= 4 is 45.5 Å². The highest BCUT2D eigenvalue weighted by molar-refractivity contribution is 7.89. The summed E-state index contributed by atoms with van der Waals surface area (Å²) < 4.78 is 28.9. The number of pyridine rings is 2. The second kappa shape index (κ2) is 10.8. The largest absolute Gasteiger partial charge is 0.380 e. The number of nitriles is 1. The molecule has 0 aliphatic carbocycles. The van der Waals surface area contributed by atoms with Gasteiger partial charge in [0.15, 0.2) is 0 Å². The Kier molecular flexibility index (Phi) is 7.83. The molecule has 4 rings (SSSR count). The number of halogens is 1. The van der Waals surface area contributed by atoms with Gasteiger partial charge in [0.05, 0.1) is 40.2 Å². The van der Waals surface area contributed by atoms with Crippen molar-refractivity contribution in [2.45, 2.75) is 11.4 Å². The first-order valence-electron chi connectivity index (χ1n) is 10.1. The molecular formula is C22H19ClN8O4S. The van der Waals surface area contributed by atoms with Crippen LogP contribution in [0, 0.1) is 21.4 Å². The SMILES string of the molecule is CN(N=Cc1cnn2ccc(C#N)cc12)S(=O)(=O)c1cc([N+](=O)[O-])ccc1NCc1cccnc1.Cl. The van der Waals surface area contributed by atoms with Crippen LogP contribution >= 0.6 is 12.4 Å². The number of hydrazone groups is 1. The summed E-state index contributed by atoms with van der Waals surface area (Å²) in [6.07, 6.45) is 7.62. The number of anilines is 1. The Hall–Kier alpha value is -4.54. The lowest BCUT2D eigenvalue weighted by atomic mass is 10.2. The van der Waals surface area contributed by atoms with Crippen molar-refractivity contribution < 1.29 is 13.3 Å². The molecule has 0 spiro atoms. The van der Waals surface area contributed by atoms with Crippen LogP contribution < -0.4 is 5.32 Å². The van der Waals surface area contributed by atoms with Gasteiger partial charge in [-0.05, 0) is 29.8 Å². The van der Waals surface area contributed by atoms with Gasteiger partial charge in [-0.2, -0.15) is 28.3 Å². The molecule has 0 saturated heterocycles. The number of fused-ring (bicyclic) bond motifs is 1. The highest BCUT2D eigenvalue weighted by Gasteiger charge is 2.26. The molecule has 1 N–H and O–H groups in total. The van der Waals surface area contributed by atoms with Gasteiger partial charge in [-0.15, -0.1) is 12.4 Å². The maximum absolute atomic E-state index is 13.3. The molecule has 0 amide bonds.